The van der Waals surface area contributed by atoms with E-state index in [1.165, 1.54) is 6.08 Å². The second-order valence-electron chi connectivity index (χ2n) is 3.18. The van der Waals surface area contributed by atoms with E-state index in [1.54, 1.807) is 18.2 Å². The summed E-state index contributed by atoms with van der Waals surface area (Å²) < 4.78 is 5.36. The molecule has 0 saturated carbocycles. The van der Waals surface area contributed by atoms with Crippen LogP contribution in [0.1, 0.15) is 5.56 Å². The third-order valence-electron chi connectivity index (χ3n) is 2.17. The summed E-state index contributed by atoms with van der Waals surface area (Å²) in [4.78, 5) is 13.7. The van der Waals surface area contributed by atoms with Crippen LogP contribution in [0.4, 0.5) is 0 Å². The smallest absolute Gasteiger partial charge is 0.235 e. The largest absolute Gasteiger partial charge is 0.508 e. The molecular weight excluding hydrogens is 182 g/mol. The van der Waals surface area contributed by atoms with Gasteiger partial charge in [0.15, 0.2) is 0 Å². The number of phenolic OH excluding ortho intramolecular Hbond substituents is 1. The van der Waals surface area contributed by atoms with E-state index in [0.29, 0.717) is 13.0 Å². The molecule has 72 valence electrons. The summed E-state index contributed by atoms with van der Waals surface area (Å²) in [6, 6.07) is 4.73. The summed E-state index contributed by atoms with van der Waals surface area (Å²) in [5, 5.41) is 9.24. The van der Waals surface area contributed by atoms with E-state index in [-0.39, 0.29) is 11.8 Å². The van der Waals surface area contributed by atoms with Crippen LogP contribution in [0, 0.1) is 0 Å². The van der Waals surface area contributed by atoms with Gasteiger partial charge in [-0.15, -0.1) is 0 Å². The number of aliphatic imine (C=N–C) groups is 1. The Morgan fingerprint density at radius 1 is 1.57 bits per heavy atom. The van der Waals surface area contributed by atoms with E-state index in [9.17, 15) is 9.90 Å². The van der Waals surface area contributed by atoms with E-state index in [1.807, 2.05) is 0 Å². The minimum absolute atomic E-state index is 0.179. The zero-order valence-corrected chi connectivity index (χ0v) is 7.43. The van der Waals surface area contributed by atoms with Gasteiger partial charge in [-0.3, -0.25) is 0 Å². The van der Waals surface area contributed by atoms with Crippen molar-refractivity contribution >= 4 is 6.08 Å². The molecule has 4 heteroatoms. The molecule has 2 rings (SSSR count). The van der Waals surface area contributed by atoms with Gasteiger partial charge in [-0.1, -0.05) is 0 Å². The van der Waals surface area contributed by atoms with Crippen molar-refractivity contribution in [2.24, 2.45) is 4.99 Å². The molecule has 0 aromatic heterocycles. The number of nitrogens with zero attached hydrogens (tertiary/aromatic N) is 1. The highest BCUT2D eigenvalue weighted by atomic mass is 16.5. The summed E-state index contributed by atoms with van der Waals surface area (Å²) in [5.74, 6) is 0.947. The molecule has 0 fully saturated rings. The fourth-order valence-corrected chi connectivity index (χ4v) is 1.52. The van der Waals surface area contributed by atoms with Gasteiger partial charge < -0.3 is 9.84 Å². The van der Waals surface area contributed by atoms with Crippen molar-refractivity contribution in [2.45, 2.75) is 12.5 Å². The maximum atomic E-state index is 10.1. The maximum absolute atomic E-state index is 10.1. The van der Waals surface area contributed by atoms with Crippen LogP contribution in [0.25, 0.3) is 0 Å². The molecule has 1 aliphatic heterocycles. The first-order valence-electron chi connectivity index (χ1n) is 4.31. The number of rotatable bonds is 1. The molecule has 1 aromatic carbocycles. The topological polar surface area (TPSA) is 58.9 Å². The molecule has 14 heavy (non-hydrogen) atoms. The van der Waals surface area contributed by atoms with Crippen LogP contribution in [-0.2, 0) is 11.2 Å². The molecule has 0 bridgehead atoms. The predicted octanol–water partition coefficient (Wildman–Crippen LogP) is 1.03. The van der Waals surface area contributed by atoms with E-state index < -0.39 is 0 Å². The van der Waals surface area contributed by atoms with Gasteiger partial charge in [0.25, 0.3) is 0 Å². The van der Waals surface area contributed by atoms with Crippen molar-refractivity contribution in [2.75, 3.05) is 6.61 Å². The van der Waals surface area contributed by atoms with E-state index >= 15 is 0 Å². The Labute approximate surface area is 80.8 Å². The van der Waals surface area contributed by atoms with Gasteiger partial charge in [0.1, 0.15) is 24.1 Å². The van der Waals surface area contributed by atoms with Crippen LogP contribution in [-0.4, -0.2) is 23.8 Å². The molecule has 0 aliphatic carbocycles. The lowest BCUT2D eigenvalue weighted by Crippen LogP contribution is -2.23. The van der Waals surface area contributed by atoms with Gasteiger partial charge in [0.05, 0.1) is 0 Å². The first kappa shape index (κ1) is 8.78. The molecule has 0 amide bonds. The van der Waals surface area contributed by atoms with Crippen molar-refractivity contribution in [3.63, 3.8) is 0 Å². The number of hydrogen-bond acceptors (Lipinski definition) is 4. The highest BCUT2D eigenvalue weighted by Crippen LogP contribution is 2.28. The zero-order valence-electron chi connectivity index (χ0n) is 7.43. The van der Waals surface area contributed by atoms with Gasteiger partial charge in [-0.05, 0) is 18.2 Å². The van der Waals surface area contributed by atoms with Crippen LogP contribution in [0.15, 0.2) is 23.2 Å². The predicted molar refractivity (Wildman–Crippen MR) is 49.2 cm³/mol. The van der Waals surface area contributed by atoms with Crippen molar-refractivity contribution in [3.8, 4) is 11.5 Å². The zero-order chi connectivity index (χ0) is 9.97. The molecule has 1 atom stereocenters. The maximum Gasteiger partial charge on any atom is 0.235 e. The fraction of sp³-hybridized carbons (Fsp3) is 0.300. The number of aromatic hydroxyl groups is 1. The third-order valence-corrected chi connectivity index (χ3v) is 2.17. The lowest BCUT2D eigenvalue weighted by atomic mass is 10.0. The van der Waals surface area contributed by atoms with Gasteiger partial charge >= 0.3 is 0 Å². The average Bonchev–Trinajstić information content (AvgIpc) is 2.17. The summed E-state index contributed by atoms with van der Waals surface area (Å²) >= 11 is 0. The van der Waals surface area contributed by atoms with Crippen LogP contribution in [0.3, 0.4) is 0 Å². The van der Waals surface area contributed by atoms with Crippen molar-refractivity contribution in [1.82, 2.24) is 0 Å². The Morgan fingerprint density at radius 3 is 3.21 bits per heavy atom. The number of fused-ring (bicyclic) bond motifs is 1. The highest BCUT2D eigenvalue weighted by Gasteiger charge is 2.19. The number of phenols is 1. The van der Waals surface area contributed by atoms with E-state index in [2.05, 4.69) is 4.99 Å². The normalized spacial score (nSPS) is 19.0. The van der Waals surface area contributed by atoms with Crippen molar-refractivity contribution in [1.29, 1.82) is 0 Å². The Kier molecular flexibility index (Phi) is 2.21. The molecule has 1 aliphatic rings. The lowest BCUT2D eigenvalue weighted by Gasteiger charge is -2.21. The molecule has 0 radical (unpaired) electrons. The molecular formula is C10H9NO3. The third kappa shape index (κ3) is 1.60. The van der Waals surface area contributed by atoms with E-state index in [4.69, 9.17) is 4.74 Å². The Morgan fingerprint density at radius 2 is 2.43 bits per heavy atom. The fourth-order valence-electron chi connectivity index (χ4n) is 1.52. The van der Waals surface area contributed by atoms with Gasteiger partial charge in [0.2, 0.25) is 6.08 Å². The number of ether oxygens (including phenoxy) is 1. The lowest BCUT2D eigenvalue weighted by molar-refractivity contribution is 0.263. The minimum atomic E-state index is -0.179. The average molecular weight is 191 g/mol. The quantitative estimate of drug-likeness (QED) is 0.532. The van der Waals surface area contributed by atoms with Crippen LogP contribution in [0.2, 0.25) is 0 Å². The molecule has 1 N–H and O–H groups in total. The molecule has 1 unspecified atom stereocenters. The molecule has 0 spiro atoms. The monoisotopic (exact) mass is 191 g/mol. The molecule has 1 aromatic rings. The Balaban J connectivity index is 2.28. The van der Waals surface area contributed by atoms with Gasteiger partial charge in [-0.25, -0.2) is 4.79 Å². The summed E-state index contributed by atoms with van der Waals surface area (Å²) in [6.07, 6.45) is 2.13. The molecule has 4 nitrogen and oxygen atoms in total. The van der Waals surface area contributed by atoms with Gasteiger partial charge in [-0.2, -0.15) is 4.99 Å². The van der Waals surface area contributed by atoms with Crippen molar-refractivity contribution in [3.05, 3.63) is 23.8 Å². The number of isocyanates is 1. The molecule has 0 saturated heterocycles. The van der Waals surface area contributed by atoms with E-state index in [0.717, 1.165) is 11.3 Å². The SMILES string of the molecule is O=C=NC1COc2ccc(O)cc2C1. The number of benzene rings is 1. The number of hydrogen-bond donors (Lipinski definition) is 1. The highest BCUT2D eigenvalue weighted by molar-refractivity contribution is 5.42. The van der Waals surface area contributed by atoms with Crippen molar-refractivity contribution < 1.29 is 14.6 Å². The number of carbonyl (C=O) groups excluding carboxylic acids is 1. The van der Waals surface area contributed by atoms with Crippen LogP contribution in [0.5, 0.6) is 11.5 Å². The standard InChI is InChI=1S/C10H9NO3/c12-6-11-8-3-7-4-9(13)1-2-10(7)14-5-8/h1-2,4,8,13H,3,5H2. The van der Waals surface area contributed by atoms with Crippen LogP contribution >= 0.6 is 0 Å². The molecule has 1 heterocycles. The second-order valence-corrected chi connectivity index (χ2v) is 3.18. The summed E-state index contributed by atoms with van der Waals surface area (Å²) in [6.45, 7) is 0.396. The first-order valence-corrected chi connectivity index (χ1v) is 4.31. The summed E-state index contributed by atoms with van der Waals surface area (Å²) in [7, 11) is 0. The summed E-state index contributed by atoms with van der Waals surface area (Å²) in [5.41, 5.74) is 0.875. The minimum Gasteiger partial charge on any atom is -0.508 e. The van der Waals surface area contributed by atoms with Gasteiger partial charge in [0, 0.05) is 12.0 Å². The van der Waals surface area contributed by atoms with Crippen LogP contribution < -0.4 is 4.74 Å². The Hall–Kier alpha value is -1.80. The second kappa shape index (κ2) is 3.52. The first-order chi connectivity index (χ1) is 6.79. The Bertz CT molecular complexity index is 396.